The average molecular weight is 257 g/mol. The molecular formula is C12H23N3OS. The summed E-state index contributed by atoms with van der Waals surface area (Å²) in [5.41, 5.74) is 5.92. The first-order chi connectivity index (χ1) is 8.25. The Morgan fingerprint density at radius 1 is 1.41 bits per heavy atom. The van der Waals surface area contributed by atoms with Crippen molar-refractivity contribution >= 4 is 17.7 Å². The third-order valence-electron chi connectivity index (χ3n) is 3.50. The fourth-order valence-electron chi connectivity index (χ4n) is 2.16. The van der Waals surface area contributed by atoms with Gasteiger partial charge in [-0.15, -0.1) is 0 Å². The maximum Gasteiger partial charge on any atom is 0.221 e. The third-order valence-corrected chi connectivity index (χ3v) is 4.45. The van der Waals surface area contributed by atoms with E-state index in [1.165, 1.54) is 24.3 Å². The predicted octanol–water partition coefficient (Wildman–Crippen LogP) is 0.279. The van der Waals surface area contributed by atoms with Gasteiger partial charge in [0.15, 0.2) is 0 Å². The molecule has 1 unspecified atom stereocenters. The van der Waals surface area contributed by atoms with Crippen LogP contribution < -0.4 is 11.1 Å². The number of carbonyl (C=O) groups excluding carboxylic acids is 1. The van der Waals surface area contributed by atoms with Crippen LogP contribution in [0.2, 0.25) is 0 Å². The van der Waals surface area contributed by atoms with Gasteiger partial charge < -0.3 is 11.1 Å². The number of nitrogens with one attached hydrogen (secondary N) is 1. The Hall–Kier alpha value is -0.260. The van der Waals surface area contributed by atoms with Crippen molar-refractivity contribution in [3.8, 4) is 0 Å². The molecule has 0 aromatic heterocycles. The lowest BCUT2D eigenvalue weighted by Crippen LogP contribution is -2.40. The van der Waals surface area contributed by atoms with E-state index in [4.69, 9.17) is 5.73 Å². The van der Waals surface area contributed by atoms with Crippen LogP contribution in [0.5, 0.6) is 0 Å². The van der Waals surface area contributed by atoms with E-state index in [1.54, 1.807) is 0 Å². The van der Waals surface area contributed by atoms with Crippen LogP contribution in [0.15, 0.2) is 0 Å². The molecule has 4 nitrogen and oxygen atoms in total. The van der Waals surface area contributed by atoms with Gasteiger partial charge in [-0.1, -0.05) is 0 Å². The monoisotopic (exact) mass is 257 g/mol. The summed E-state index contributed by atoms with van der Waals surface area (Å²) >= 11 is 2.01. The predicted molar refractivity (Wildman–Crippen MR) is 72.1 cm³/mol. The number of rotatable bonds is 6. The number of hydrogen-bond donors (Lipinski definition) is 2. The number of nitrogens with two attached hydrogens (primary N) is 1. The van der Waals surface area contributed by atoms with Crippen LogP contribution in [0, 0.1) is 5.92 Å². The van der Waals surface area contributed by atoms with Gasteiger partial charge >= 0.3 is 0 Å². The van der Waals surface area contributed by atoms with E-state index in [0.29, 0.717) is 12.3 Å². The minimum Gasteiger partial charge on any atom is -0.355 e. The zero-order valence-corrected chi connectivity index (χ0v) is 11.2. The second kappa shape index (κ2) is 6.61. The van der Waals surface area contributed by atoms with E-state index in [1.807, 2.05) is 11.8 Å². The van der Waals surface area contributed by atoms with Crippen LogP contribution in [0.4, 0.5) is 0 Å². The van der Waals surface area contributed by atoms with Gasteiger partial charge in [-0.2, -0.15) is 11.8 Å². The lowest BCUT2D eigenvalue weighted by molar-refractivity contribution is -0.121. The molecule has 2 fully saturated rings. The first kappa shape index (κ1) is 13.2. The van der Waals surface area contributed by atoms with Crippen molar-refractivity contribution in [3.63, 3.8) is 0 Å². The molecule has 98 valence electrons. The van der Waals surface area contributed by atoms with Gasteiger partial charge in [-0.25, -0.2) is 0 Å². The lowest BCUT2D eigenvalue weighted by Gasteiger charge is -2.26. The summed E-state index contributed by atoms with van der Waals surface area (Å²) in [5, 5.41) is 2.98. The van der Waals surface area contributed by atoms with Crippen LogP contribution in [-0.2, 0) is 4.79 Å². The van der Waals surface area contributed by atoms with Crippen LogP contribution >= 0.6 is 11.8 Å². The van der Waals surface area contributed by atoms with Crippen molar-refractivity contribution < 1.29 is 4.79 Å². The Morgan fingerprint density at radius 2 is 2.12 bits per heavy atom. The molecule has 1 aliphatic heterocycles. The van der Waals surface area contributed by atoms with Crippen LogP contribution in [-0.4, -0.2) is 54.5 Å². The summed E-state index contributed by atoms with van der Waals surface area (Å²) in [5.74, 6) is 3.18. The highest BCUT2D eigenvalue weighted by molar-refractivity contribution is 7.99. The van der Waals surface area contributed by atoms with Crippen molar-refractivity contribution in [1.29, 1.82) is 0 Å². The Kier molecular flexibility index (Phi) is 5.13. The summed E-state index contributed by atoms with van der Waals surface area (Å²) in [4.78, 5) is 14.0. The molecule has 1 amide bonds. The number of carbonyl (C=O) groups is 1. The quantitative estimate of drug-likeness (QED) is 0.717. The van der Waals surface area contributed by atoms with Crippen LogP contribution in [0.3, 0.4) is 0 Å². The van der Waals surface area contributed by atoms with Crippen molar-refractivity contribution in [1.82, 2.24) is 10.2 Å². The molecule has 1 atom stereocenters. The first-order valence-electron chi connectivity index (χ1n) is 6.58. The van der Waals surface area contributed by atoms with E-state index < -0.39 is 0 Å². The van der Waals surface area contributed by atoms with Crippen LogP contribution in [0.25, 0.3) is 0 Å². The Bertz CT molecular complexity index is 252. The third kappa shape index (κ3) is 4.85. The fourth-order valence-corrected chi connectivity index (χ4v) is 3.13. The molecule has 3 N–H and O–H groups in total. The summed E-state index contributed by atoms with van der Waals surface area (Å²) in [6, 6.07) is 0.0846. The van der Waals surface area contributed by atoms with Gasteiger partial charge in [0.1, 0.15) is 0 Å². The highest BCUT2D eigenvalue weighted by Crippen LogP contribution is 2.32. The van der Waals surface area contributed by atoms with Crippen LogP contribution in [0.1, 0.15) is 19.3 Å². The van der Waals surface area contributed by atoms with E-state index in [0.717, 1.165) is 26.2 Å². The van der Waals surface area contributed by atoms with Gasteiger partial charge in [-0.05, 0) is 18.8 Å². The topological polar surface area (TPSA) is 58.4 Å². The highest BCUT2D eigenvalue weighted by atomic mass is 32.2. The van der Waals surface area contributed by atoms with E-state index in [2.05, 4.69) is 10.2 Å². The van der Waals surface area contributed by atoms with E-state index >= 15 is 0 Å². The molecule has 2 aliphatic rings. The second-order valence-electron chi connectivity index (χ2n) is 5.01. The molecule has 2 rings (SSSR count). The van der Waals surface area contributed by atoms with Gasteiger partial charge in [0, 0.05) is 50.1 Å². The smallest absolute Gasteiger partial charge is 0.221 e. The summed E-state index contributed by atoms with van der Waals surface area (Å²) < 4.78 is 0. The summed E-state index contributed by atoms with van der Waals surface area (Å²) in [7, 11) is 0. The molecule has 1 aliphatic carbocycles. The molecule has 0 spiro atoms. The largest absolute Gasteiger partial charge is 0.355 e. The second-order valence-corrected chi connectivity index (χ2v) is 6.23. The average Bonchev–Trinajstić information content (AvgIpc) is 3.14. The Labute approximate surface area is 108 Å². The van der Waals surface area contributed by atoms with E-state index in [9.17, 15) is 4.79 Å². The Balaban J connectivity index is 1.52. The van der Waals surface area contributed by atoms with Crippen molar-refractivity contribution in [2.24, 2.45) is 11.7 Å². The van der Waals surface area contributed by atoms with Gasteiger partial charge in [0.2, 0.25) is 5.91 Å². The lowest BCUT2D eigenvalue weighted by atomic mass is 10.1. The fraction of sp³-hybridized carbons (Fsp3) is 0.917. The SMILES string of the molecule is NC(CC(=O)NCCN1CCSCC1)C1CC1. The molecule has 0 bridgehead atoms. The van der Waals surface area contributed by atoms with Crippen molar-refractivity contribution in [3.05, 3.63) is 0 Å². The molecule has 0 radical (unpaired) electrons. The molecule has 1 saturated heterocycles. The number of nitrogens with zero attached hydrogens (tertiary/aromatic N) is 1. The zero-order chi connectivity index (χ0) is 12.1. The minimum atomic E-state index is 0.0846. The zero-order valence-electron chi connectivity index (χ0n) is 10.4. The molecule has 1 heterocycles. The number of thioether (sulfide) groups is 1. The molecule has 5 heteroatoms. The highest BCUT2D eigenvalue weighted by Gasteiger charge is 2.29. The van der Waals surface area contributed by atoms with E-state index in [-0.39, 0.29) is 11.9 Å². The van der Waals surface area contributed by atoms with Gasteiger partial charge in [0.25, 0.3) is 0 Å². The molecule has 0 aromatic carbocycles. The first-order valence-corrected chi connectivity index (χ1v) is 7.73. The standard InChI is InChI=1S/C12H23N3OS/c13-11(10-1-2-10)9-12(16)14-3-4-15-5-7-17-8-6-15/h10-11H,1-9,13H2,(H,14,16). The minimum absolute atomic E-state index is 0.0846. The molecule has 1 saturated carbocycles. The van der Waals surface area contributed by atoms with Gasteiger partial charge in [-0.3, -0.25) is 9.69 Å². The normalized spacial score (nSPS) is 23.4. The van der Waals surface area contributed by atoms with Crippen molar-refractivity contribution in [2.45, 2.75) is 25.3 Å². The summed E-state index contributed by atoms with van der Waals surface area (Å²) in [6.45, 7) is 4.05. The Morgan fingerprint density at radius 3 is 2.76 bits per heavy atom. The molecule has 0 aromatic rings. The number of amides is 1. The van der Waals surface area contributed by atoms with Crippen molar-refractivity contribution in [2.75, 3.05) is 37.7 Å². The molecular weight excluding hydrogens is 234 g/mol. The maximum absolute atomic E-state index is 11.6. The maximum atomic E-state index is 11.6. The summed E-state index contributed by atoms with van der Waals surface area (Å²) in [6.07, 6.45) is 2.92. The molecule has 17 heavy (non-hydrogen) atoms. The van der Waals surface area contributed by atoms with Gasteiger partial charge in [0.05, 0.1) is 0 Å². The number of hydrogen-bond acceptors (Lipinski definition) is 4.